The summed E-state index contributed by atoms with van der Waals surface area (Å²) in [4.78, 5) is 22.0. The van der Waals surface area contributed by atoms with Gasteiger partial charge in [0.2, 0.25) is 0 Å². The first-order chi connectivity index (χ1) is 8.02. The SMILES string of the molecule is O=C(O)CSC(CC1CO1)(CC1CO1)C(=O)O. The Labute approximate surface area is 102 Å². The first-order valence-corrected chi connectivity index (χ1v) is 6.33. The Balaban J connectivity index is 2.03. The van der Waals surface area contributed by atoms with Crippen LogP contribution in [0.25, 0.3) is 0 Å². The zero-order chi connectivity index (χ0) is 12.5. The fourth-order valence-electron chi connectivity index (χ4n) is 1.74. The van der Waals surface area contributed by atoms with Gasteiger partial charge in [0, 0.05) is 12.8 Å². The minimum absolute atomic E-state index is 0.0499. The number of thioether (sulfide) groups is 1. The molecule has 0 aromatic rings. The van der Waals surface area contributed by atoms with Gasteiger partial charge in [-0.2, -0.15) is 0 Å². The van der Waals surface area contributed by atoms with Gasteiger partial charge in [-0.3, -0.25) is 9.59 Å². The van der Waals surface area contributed by atoms with Gasteiger partial charge in [-0.1, -0.05) is 0 Å². The Hall–Kier alpha value is -0.790. The summed E-state index contributed by atoms with van der Waals surface area (Å²) in [6, 6.07) is 0. The zero-order valence-corrected chi connectivity index (χ0v) is 9.94. The molecule has 0 aromatic heterocycles. The van der Waals surface area contributed by atoms with E-state index in [0.717, 1.165) is 11.8 Å². The maximum absolute atomic E-state index is 11.4. The number of carbonyl (C=O) groups is 2. The monoisotopic (exact) mass is 262 g/mol. The third-order valence-corrected chi connectivity index (χ3v) is 4.23. The van der Waals surface area contributed by atoms with E-state index in [2.05, 4.69) is 0 Å². The van der Waals surface area contributed by atoms with Crippen molar-refractivity contribution in [3.05, 3.63) is 0 Å². The molecule has 96 valence electrons. The molecule has 2 aliphatic heterocycles. The molecule has 2 heterocycles. The fourth-order valence-corrected chi connectivity index (χ4v) is 2.88. The average molecular weight is 262 g/mol. The van der Waals surface area contributed by atoms with Crippen molar-refractivity contribution >= 4 is 23.7 Å². The van der Waals surface area contributed by atoms with E-state index in [1.165, 1.54) is 0 Å². The van der Waals surface area contributed by atoms with E-state index in [-0.39, 0.29) is 18.0 Å². The molecular formula is C10H14O6S. The van der Waals surface area contributed by atoms with E-state index in [1.54, 1.807) is 0 Å². The summed E-state index contributed by atoms with van der Waals surface area (Å²) in [5.41, 5.74) is 0. The van der Waals surface area contributed by atoms with E-state index in [4.69, 9.17) is 14.6 Å². The quantitative estimate of drug-likeness (QED) is 0.603. The second-order valence-electron chi connectivity index (χ2n) is 4.30. The summed E-state index contributed by atoms with van der Waals surface area (Å²) in [6.45, 7) is 1.13. The van der Waals surface area contributed by atoms with Crippen molar-refractivity contribution in [3.63, 3.8) is 0 Å². The fraction of sp³-hybridized carbons (Fsp3) is 0.800. The number of carboxylic acids is 2. The largest absolute Gasteiger partial charge is 0.481 e. The van der Waals surface area contributed by atoms with Crippen molar-refractivity contribution in [2.45, 2.75) is 29.8 Å². The second-order valence-corrected chi connectivity index (χ2v) is 5.66. The van der Waals surface area contributed by atoms with Crippen molar-refractivity contribution in [1.29, 1.82) is 0 Å². The highest BCUT2D eigenvalue weighted by molar-refractivity contribution is 8.02. The predicted octanol–water partition coefficient (Wildman–Crippen LogP) is 0.205. The maximum atomic E-state index is 11.4. The molecule has 0 bridgehead atoms. The standard InChI is InChI=1S/C10H14O6S/c11-8(12)5-17-10(9(13)14,1-6-3-15-6)2-7-4-16-7/h6-7H,1-5H2,(H,11,12)(H,13,14). The van der Waals surface area contributed by atoms with Crippen LogP contribution in [-0.2, 0) is 19.1 Å². The normalized spacial score (nSPS) is 29.4. The molecule has 0 spiro atoms. The molecule has 17 heavy (non-hydrogen) atoms. The van der Waals surface area contributed by atoms with Crippen molar-refractivity contribution < 1.29 is 29.3 Å². The van der Waals surface area contributed by atoms with E-state index in [9.17, 15) is 14.7 Å². The lowest BCUT2D eigenvalue weighted by molar-refractivity contribution is -0.140. The van der Waals surface area contributed by atoms with Gasteiger partial charge in [-0.15, -0.1) is 11.8 Å². The van der Waals surface area contributed by atoms with Crippen molar-refractivity contribution in [1.82, 2.24) is 0 Å². The number of aliphatic carboxylic acids is 2. The van der Waals surface area contributed by atoms with E-state index >= 15 is 0 Å². The number of rotatable bonds is 8. The number of epoxide rings is 2. The van der Waals surface area contributed by atoms with Crippen molar-refractivity contribution in [2.75, 3.05) is 19.0 Å². The van der Waals surface area contributed by atoms with Crippen molar-refractivity contribution in [3.8, 4) is 0 Å². The van der Waals surface area contributed by atoms with E-state index in [0.29, 0.717) is 26.1 Å². The summed E-state index contributed by atoms with van der Waals surface area (Å²) >= 11 is 0.963. The molecule has 2 fully saturated rings. The molecule has 0 aliphatic carbocycles. The van der Waals surface area contributed by atoms with Crippen LogP contribution in [0.15, 0.2) is 0 Å². The molecule has 6 nitrogen and oxygen atoms in total. The molecule has 2 saturated heterocycles. The van der Waals surface area contributed by atoms with Crippen LogP contribution >= 0.6 is 11.8 Å². The first-order valence-electron chi connectivity index (χ1n) is 5.34. The van der Waals surface area contributed by atoms with Gasteiger partial charge in [0.05, 0.1) is 31.2 Å². The summed E-state index contributed by atoms with van der Waals surface area (Å²) in [5, 5.41) is 18.0. The van der Waals surface area contributed by atoms with Gasteiger partial charge in [-0.25, -0.2) is 0 Å². The van der Waals surface area contributed by atoms with Crippen LogP contribution in [-0.4, -0.2) is 58.1 Å². The molecule has 2 N–H and O–H groups in total. The van der Waals surface area contributed by atoms with E-state index in [1.807, 2.05) is 0 Å². The lowest BCUT2D eigenvalue weighted by Crippen LogP contribution is -2.39. The van der Waals surface area contributed by atoms with Crippen LogP contribution in [0.4, 0.5) is 0 Å². The maximum Gasteiger partial charge on any atom is 0.319 e. The highest BCUT2D eigenvalue weighted by Gasteiger charge is 2.48. The smallest absolute Gasteiger partial charge is 0.319 e. The van der Waals surface area contributed by atoms with Crippen LogP contribution in [0.2, 0.25) is 0 Å². The number of carboxylic acid groups (broad SMARTS) is 2. The van der Waals surface area contributed by atoms with Gasteiger partial charge in [-0.05, 0) is 0 Å². The van der Waals surface area contributed by atoms with Crippen LogP contribution in [0.1, 0.15) is 12.8 Å². The highest BCUT2D eigenvalue weighted by atomic mass is 32.2. The third-order valence-electron chi connectivity index (χ3n) is 2.78. The molecule has 2 unspecified atom stereocenters. The van der Waals surface area contributed by atoms with Gasteiger partial charge in [0.1, 0.15) is 4.75 Å². The van der Waals surface area contributed by atoms with Crippen LogP contribution in [0, 0.1) is 0 Å². The van der Waals surface area contributed by atoms with Gasteiger partial charge >= 0.3 is 11.9 Å². The van der Waals surface area contributed by atoms with E-state index < -0.39 is 16.7 Å². The Morgan fingerprint density at radius 3 is 1.94 bits per heavy atom. The lowest BCUT2D eigenvalue weighted by Gasteiger charge is -2.27. The molecule has 0 aromatic carbocycles. The Morgan fingerprint density at radius 1 is 1.18 bits per heavy atom. The number of ether oxygens (including phenoxy) is 2. The Bertz CT molecular complexity index is 309. The summed E-state index contributed by atoms with van der Waals surface area (Å²) < 4.78 is 9.02. The molecule has 0 saturated carbocycles. The zero-order valence-electron chi connectivity index (χ0n) is 9.13. The molecular weight excluding hydrogens is 248 g/mol. The minimum Gasteiger partial charge on any atom is -0.481 e. The summed E-state index contributed by atoms with van der Waals surface area (Å²) in [6.07, 6.45) is 0.595. The lowest BCUT2D eigenvalue weighted by atomic mass is 9.97. The van der Waals surface area contributed by atoms with Crippen LogP contribution in [0.3, 0.4) is 0 Å². The Morgan fingerprint density at radius 2 is 1.65 bits per heavy atom. The summed E-state index contributed by atoms with van der Waals surface area (Å²) in [5.74, 6) is -2.20. The molecule has 2 aliphatic rings. The first kappa shape index (κ1) is 12.7. The summed E-state index contributed by atoms with van der Waals surface area (Å²) in [7, 11) is 0. The minimum atomic E-state index is -1.10. The van der Waals surface area contributed by atoms with Crippen LogP contribution in [0.5, 0.6) is 0 Å². The average Bonchev–Trinajstić information content (AvgIpc) is 3.09. The molecule has 2 rings (SSSR count). The number of hydrogen-bond acceptors (Lipinski definition) is 5. The van der Waals surface area contributed by atoms with Crippen LogP contribution < -0.4 is 0 Å². The number of hydrogen-bond donors (Lipinski definition) is 2. The van der Waals surface area contributed by atoms with Gasteiger partial charge in [0.15, 0.2) is 0 Å². The van der Waals surface area contributed by atoms with Crippen molar-refractivity contribution in [2.24, 2.45) is 0 Å². The van der Waals surface area contributed by atoms with Gasteiger partial charge < -0.3 is 19.7 Å². The second kappa shape index (κ2) is 4.83. The molecule has 7 heteroatoms. The molecule has 0 radical (unpaired) electrons. The predicted molar refractivity (Wildman–Crippen MR) is 59.2 cm³/mol. The third kappa shape index (κ3) is 3.58. The Kier molecular flexibility index (Phi) is 3.60. The molecule has 0 amide bonds. The highest BCUT2D eigenvalue weighted by Crippen LogP contribution is 2.41. The van der Waals surface area contributed by atoms with Gasteiger partial charge in [0.25, 0.3) is 0 Å². The molecule has 2 atom stereocenters. The topological polar surface area (TPSA) is 99.7 Å².